The first-order chi connectivity index (χ1) is 9.71. The molecule has 1 aliphatic rings. The van der Waals surface area contributed by atoms with E-state index in [1.54, 1.807) is 32.4 Å². The van der Waals surface area contributed by atoms with Crippen molar-refractivity contribution < 1.29 is 14.3 Å². The maximum atomic E-state index is 12.6. The van der Waals surface area contributed by atoms with Crippen LogP contribution in [-0.2, 0) is 0 Å². The predicted molar refractivity (Wildman–Crippen MR) is 78.9 cm³/mol. The van der Waals surface area contributed by atoms with Crippen LogP contribution in [0, 0.1) is 5.92 Å². The summed E-state index contributed by atoms with van der Waals surface area (Å²) in [5.74, 6) is 2.23. The largest absolute Gasteiger partial charge is 0.493 e. The van der Waals surface area contributed by atoms with E-state index in [0.717, 1.165) is 25.9 Å². The highest BCUT2D eigenvalue weighted by Gasteiger charge is 2.28. The second kappa shape index (κ2) is 6.84. The van der Waals surface area contributed by atoms with Crippen LogP contribution in [0.3, 0.4) is 0 Å². The van der Waals surface area contributed by atoms with Crippen LogP contribution in [0.25, 0.3) is 0 Å². The fourth-order valence-corrected chi connectivity index (χ4v) is 2.94. The Kier molecular flexibility index (Phi) is 5.12. The van der Waals surface area contributed by atoms with Gasteiger partial charge in [-0.3, -0.25) is 4.79 Å². The lowest BCUT2D eigenvalue weighted by Gasteiger charge is -2.19. The van der Waals surface area contributed by atoms with Gasteiger partial charge in [0.2, 0.25) is 0 Å². The van der Waals surface area contributed by atoms with Crippen molar-refractivity contribution in [1.82, 2.24) is 4.90 Å². The van der Waals surface area contributed by atoms with Gasteiger partial charge in [0, 0.05) is 19.0 Å². The third kappa shape index (κ3) is 3.01. The van der Waals surface area contributed by atoms with E-state index in [1.165, 1.54) is 0 Å². The Labute approximate surface area is 124 Å². The molecule has 1 heterocycles. The van der Waals surface area contributed by atoms with Gasteiger partial charge in [-0.05, 0) is 30.9 Å². The molecule has 0 aliphatic carbocycles. The highest BCUT2D eigenvalue weighted by molar-refractivity contribution is 6.17. The predicted octanol–water partition coefficient (Wildman–Crippen LogP) is 2.79. The van der Waals surface area contributed by atoms with Crippen LogP contribution in [0.5, 0.6) is 11.5 Å². The molecule has 1 unspecified atom stereocenters. The summed E-state index contributed by atoms with van der Waals surface area (Å²) in [4.78, 5) is 14.5. The zero-order valence-electron chi connectivity index (χ0n) is 11.9. The average molecular weight is 298 g/mol. The number of alkyl halides is 1. The number of rotatable bonds is 5. The number of halogens is 1. The molecule has 110 valence electrons. The number of carbonyl (C=O) groups excluding carboxylic acids is 1. The van der Waals surface area contributed by atoms with E-state index in [4.69, 9.17) is 21.1 Å². The van der Waals surface area contributed by atoms with E-state index in [2.05, 4.69) is 0 Å². The number of nitrogens with zero attached hydrogens (tertiary/aromatic N) is 1. The van der Waals surface area contributed by atoms with E-state index in [1.807, 2.05) is 4.90 Å². The van der Waals surface area contributed by atoms with Gasteiger partial charge in [0.25, 0.3) is 5.91 Å². The van der Waals surface area contributed by atoms with E-state index >= 15 is 0 Å². The number of ether oxygens (including phenoxy) is 2. The minimum absolute atomic E-state index is 0.00202. The number of hydrogen-bond donors (Lipinski definition) is 0. The quantitative estimate of drug-likeness (QED) is 0.785. The molecule has 2 rings (SSSR count). The first-order valence-corrected chi connectivity index (χ1v) is 7.31. The van der Waals surface area contributed by atoms with Gasteiger partial charge in [-0.25, -0.2) is 0 Å². The van der Waals surface area contributed by atoms with Crippen LogP contribution >= 0.6 is 11.6 Å². The van der Waals surface area contributed by atoms with Gasteiger partial charge in [0.05, 0.1) is 19.8 Å². The molecule has 0 radical (unpaired) electrons. The summed E-state index contributed by atoms with van der Waals surface area (Å²) in [5.41, 5.74) is 0.554. The van der Waals surface area contributed by atoms with Gasteiger partial charge in [-0.2, -0.15) is 0 Å². The van der Waals surface area contributed by atoms with Crippen molar-refractivity contribution >= 4 is 17.5 Å². The molecule has 1 aromatic rings. The SMILES string of the molecule is COc1cccc(C(=O)N2CCC(CCCl)C2)c1OC. The molecule has 20 heavy (non-hydrogen) atoms. The van der Waals surface area contributed by atoms with Gasteiger partial charge in [0.15, 0.2) is 11.5 Å². The zero-order valence-corrected chi connectivity index (χ0v) is 12.7. The van der Waals surface area contributed by atoms with Crippen LogP contribution < -0.4 is 9.47 Å². The Balaban J connectivity index is 2.18. The third-order valence-electron chi connectivity index (χ3n) is 3.72. The number of para-hydroxylation sites is 1. The Bertz CT molecular complexity index is 478. The van der Waals surface area contributed by atoms with Gasteiger partial charge in [-0.15, -0.1) is 11.6 Å². The van der Waals surface area contributed by atoms with Crippen molar-refractivity contribution in [3.8, 4) is 11.5 Å². The molecule has 0 spiro atoms. The van der Waals surface area contributed by atoms with E-state index in [-0.39, 0.29) is 5.91 Å². The number of methoxy groups -OCH3 is 2. The highest BCUT2D eigenvalue weighted by Crippen LogP contribution is 2.32. The monoisotopic (exact) mass is 297 g/mol. The first-order valence-electron chi connectivity index (χ1n) is 6.77. The molecule has 0 N–H and O–H groups in total. The Hall–Kier alpha value is -1.42. The highest BCUT2D eigenvalue weighted by atomic mass is 35.5. The van der Waals surface area contributed by atoms with Gasteiger partial charge < -0.3 is 14.4 Å². The van der Waals surface area contributed by atoms with Gasteiger partial charge in [-0.1, -0.05) is 6.07 Å². The topological polar surface area (TPSA) is 38.8 Å². The molecular formula is C15H20ClNO3. The minimum Gasteiger partial charge on any atom is -0.493 e. The lowest BCUT2D eigenvalue weighted by Crippen LogP contribution is -2.29. The summed E-state index contributed by atoms with van der Waals surface area (Å²) in [5, 5.41) is 0. The van der Waals surface area contributed by atoms with Gasteiger partial charge >= 0.3 is 0 Å². The van der Waals surface area contributed by atoms with Crippen molar-refractivity contribution in [1.29, 1.82) is 0 Å². The maximum Gasteiger partial charge on any atom is 0.257 e. The number of carbonyl (C=O) groups is 1. The van der Waals surface area contributed by atoms with Crippen LogP contribution in [0.4, 0.5) is 0 Å². The normalized spacial score (nSPS) is 18.1. The third-order valence-corrected chi connectivity index (χ3v) is 3.94. The lowest BCUT2D eigenvalue weighted by atomic mass is 10.1. The minimum atomic E-state index is -0.00202. The fraction of sp³-hybridized carbons (Fsp3) is 0.533. The maximum absolute atomic E-state index is 12.6. The van der Waals surface area contributed by atoms with Crippen molar-refractivity contribution in [2.45, 2.75) is 12.8 Å². The Morgan fingerprint density at radius 1 is 1.40 bits per heavy atom. The van der Waals surface area contributed by atoms with Crippen LogP contribution in [-0.4, -0.2) is 44.0 Å². The van der Waals surface area contributed by atoms with E-state index in [9.17, 15) is 4.79 Å². The molecule has 1 aliphatic heterocycles. The summed E-state index contributed by atoms with van der Waals surface area (Å²) in [7, 11) is 3.12. The van der Waals surface area contributed by atoms with E-state index in [0.29, 0.717) is 28.9 Å². The number of benzene rings is 1. The molecule has 0 bridgehead atoms. The molecule has 0 aromatic heterocycles. The fourth-order valence-electron chi connectivity index (χ4n) is 2.63. The van der Waals surface area contributed by atoms with Crippen LogP contribution in [0.15, 0.2) is 18.2 Å². The van der Waals surface area contributed by atoms with Crippen LogP contribution in [0.1, 0.15) is 23.2 Å². The molecule has 0 saturated carbocycles. The molecule has 1 saturated heterocycles. The summed E-state index contributed by atoms with van der Waals surface area (Å²) in [6, 6.07) is 5.37. The molecule has 4 nitrogen and oxygen atoms in total. The number of amides is 1. The molecule has 5 heteroatoms. The smallest absolute Gasteiger partial charge is 0.257 e. The molecule has 1 amide bonds. The Morgan fingerprint density at radius 3 is 2.85 bits per heavy atom. The lowest BCUT2D eigenvalue weighted by molar-refractivity contribution is 0.0783. The standard InChI is InChI=1S/C15H20ClNO3/c1-19-13-5-3-4-12(14(13)20-2)15(18)17-9-7-11(10-17)6-8-16/h3-5,11H,6-10H2,1-2H3. The van der Waals surface area contributed by atoms with Crippen molar-refractivity contribution in [2.75, 3.05) is 33.2 Å². The number of hydrogen-bond acceptors (Lipinski definition) is 3. The van der Waals surface area contributed by atoms with Crippen molar-refractivity contribution in [3.05, 3.63) is 23.8 Å². The average Bonchev–Trinajstić information content (AvgIpc) is 2.94. The van der Waals surface area contributed by atoms with Gasteiger partial charge in [0.1, 0.15) is 0 Å². The molecule has 1 aromatic carbocycles. The van der Waals surface area contributed by atoms with E-state index < -0.39 is 0 Å². The zero-order chi connectivity index (χ0) is 14.5. The first kappa shape index (κ1) is 15.0. The summed E-state index contributed by atoms with van der Waals surface area (Å²) in [6.45, 7) is 1.55. The molecule has 1 atom stereocenters. The number of likely N-dealkylation sites (tertiary alicyclic amines) is 1. The Morgan fingerprint density at radius 2 is 2.20 bits per heavy atom. The summed E-state index contributed by atoms with van der Waals surface area (Å²) < 4.78 is 10.6. The second-order valence-electron chi connectivity index (χ2n) is 4.92. The molecular weight excluding hydrogens is 278 g/mol. The van der Waals surface area contributed by atoms with Crippen LogP contribution in [0.2, 0.25) is 0 Å². The second-order valence-corrected chi connectivity index (χ2v) is 5.30. The van der Waals surface area contributed by atoms with Crippen molar-refractivity contribution in [2.24, 2.45) is 5.92 Å². The molecule has 1 fully saturated rings. The van der Waals surface area contributed by atoms with Crippen molar-refractivity contribution in [3.63, 3.8) is 0 Å². The summed E-state index contributed by atoms with van der Waals surface area (Å²) in [6.07, 6.45) is 1.98. The summed E-state index contributed by atoms with van der Waals surface area (Å²) >= 11 is 5.77.